The van der Waals surface area contributed by atoms with Crippen molar-refractivity contribution in [1.29, 1.82) is 0 Å². The first-order chi connectivity index (χ1) is 9.49. The van der Waals surface area contributed by atoms with Crippen LogP contribution in [0.5, 0.6) is 0 Å². The lowest BCUT2D eigenvalue weighted by molar-refractivity contribution is -0.118. The van der Waals surface area contributed by atoms with Gasteiger partial charge in [0.15, 0.2) is 0 Å². The number of hydrazone groups is 1. The van der Waals surface area contributed by atoms with Gasteiger partial charge in [-0.1, -0.05) is 12.1 Å². The predicted octanol–water partition coefficient (Wildman–Crippen LogP) is 2.87. The lowest BCUT2D eigenvalue weighted by atomic mass is 10.2. The molecule has 0 saturated carbocycles. The Morgan fingerprint density at radius 2 is 2.00 bits per heavy atom. The number of aromatic nitrogens is 1. The summed E-state index contributed by atoms with van der Waals surface area (Å²) in [6.07, 6.45) is 1.68. The van der Waals surface area contributed by atoms with Gasteiger partial charge in [-0.2, -0.15) is 5.10 Å². The summed E-state index contributed by atoms with van der Waals surface area (Å²) in [5.41, 5.74) is 8.02. The van der Waals surface area contributed by atoms with Crippen LogP contribution in [-0.2, 0) is 4.79 Å². The molecule has 1 aromatic carbocycles. The molecular formula is C16H19N3O. The Balaban J connectivity index is 2.39. The fraction of sp³-hybridized carbons (Fsp3) is 0.250. The Morgan fingerprint density at radius 3 is 2.65 bits per heavy atom. The van der Waals surface area contributed by atoms with Crippen LogP contribution in [-0.4, -0.2) is 16.7 Å². The maximum atomic E-state index is 10.8. The largest absolute Gasteiger partial charge is 0.318 e. The second-order valence-electron chi connectivity index (χ2n) is 4.93. The normalized spacial score (nSPS) is 11.0. The molecule has 2 rings (SSSR count). The highest BCUT2D eigenvalue weighted by Gasteiger charge is 2.09. The number of hydrogen-bond acceptors (Lipinski definition) is 2. The van der Waals surface area contributed by atoms with Crippen LogP contribution in [0, 0.1) is 20.8 Å². The van der Waals surface area contributed by atoms with Crippen molar-refractivity contribution in [3.05, 3.63) is 52.8 Å². The highest BCUT2D eigenvalue weighted by molar-refractivity contribution is 5.83. The number of aryl methyl sites for hydroxylation is 2. The minimum Gasteiger partial charge on any atom is -0.318 e. The van der Waals surface area contributed by atoms with Gasteiger partial charge >= 0.3 is 0 Å². The summed E-state index contributed by atoms with van der Waals surface area (Å²) in [6.45, 7) is 7.62. The first-order valence-electron chi connectivity index (χ1n) is 6.54. The second-order valence-corrected chi connectivity index (χ2v) is 4.93. The van der Waals surface area contributed by atoms with E-state index in [1.54, 1.807) is 6.21 Å². The number of carbonyl (C=O) groups excluding carboxylic acids is 1. The maximum Gasteiger partial charge on any atom is 0.236 e. The molecule has 1 heterocycles. The summed E-state index contributed by atoms with van der Waals surface area (Å²) in [5.74, 6) is -0.172. The fourth-order valence-electron chi connectivity index (χ4n) is 2.28. The molecule has 0 bridgehead atoms. The molecule has 0 radical (unpaired) electrons. The van der Waals surface area contributed by atoms with Gasteiger partial charge in [-0.25, -0.2) is 5.43 Å². The van der Waals surface area contributed by atoms with Crippen LogP contribution in [0.3, 0.4) is 0 Å². The Hall–Kier alpha value is -2.36. The standard InChI is InChI=1S/C16H19N3O/c1-11-6-5-7-16(8-11)19-12(2)9-15(13(19)3)10-17-18-14(4)20/h5-10H,1-4H3,(H,18,20)/b17-10+. The van der Waals surface area contributed by atoms with E-state index in [2.05, 4.69) is 59.3 Å². The smallest absolute Gasteiger partial charge is 0.236 e. The van der Waals surface area contributed by atoms with Crippen LogP contribution < -0.4 is 5.43 Å². The first kappa shape index (κ1) is 14.1. The van der Waals surface area contributed by atoms with Crippen LogP contribution in [0.4, 0.5) is 0 Å². The van der Waals surface area contributed by atoms with Crippen molar-refractivity contribution in [2.24, 2.45) is 5.10 Å². The summed E-state index contributed by atoms with van der Waals surface area (Å²) >= 11 is 0. The van der Waals surface area contributed by atoms with Crippen molar-refractivity contribution in [1.82, 2.24) is 9.99 Å². The van der Waals surface area contributed by atoms with E-state index in [1.165, 1.54) is 12.5 Å². The zero-order chi connectivity index (χ0) is 14.7. The predicted molar refractivity (Wildman–Crippen MR) is 81.4 cm³/mol. The highest BCUT2D eigenvalue weighted by Crippen LogP contribution is 2.20. The molecule has 0 atom stereocenters. The van der Waals surface area contributed by atoms with E-state index >= 15 is 0 Å². The van der Waals surface area contributed by atoms with Gasteiger partial charge < -0.3 is 4.57 Å². The van der Waals surface area contributed by atoms with Gasteiger partial charge in [0.2, 0.25) is 5.91 Å². The number of benzene rings is 1. The van der Waals surface area contributed by atoms with Crippen LogP contribution in [0.1, 0.15) is 29.4 Å². The van der Waals surface area contributed by atoms with Crippen molar-refractivity contribution in [3.8, 4) is 5.69 Å². The number of amides is 1. The minimum atomic E-state index is -0.172. The molecule has 0 unspecified atom stereocenters. The van der Waals surface area contributed by atoms with E-state index in [9.17, 15) is 4.79 Å². The van der Waals surface area contributed by atoms with E-state index in [0.717, 1.165) is 22.6 Å². The maximum absolute atomic E-state index is 10.8. The number of carbonyl (C=O) groups is 1. The molecule has 0 aliphatic heterocycles. The molecule has 0 fully saturated rings. The molecule has 0 aliphatic rings. The van der Waals surface area contributed by atoms with Gasteiger partial charge in [0.05, 0.1) is 6.21 Å². The van der Waals surface area contributed by atoms with Gasteiger partial charge in [0.1, 0.15) is 0 Å². The summed E-state index contributed by atoms with van der Waals surface area (Å²) in [7, 11) is 0. The first-order valence-corrected chi connectivity index (χ1v) is 6.54. The van der Waals surface area contributed by atoms with Crippen LogP contribution >= 0.6 is 0 Å². The molecule has 104 valence electrons. The van der Waals surface area contributed by atoms with E-state index in [0.29, 0.717) is 0 Å². The lowest BCUT2D eigenvalue weighted by Crippen LogP contribution is -2.12. The Kier molecular flexibility index (Phi) is 4.03. The number of nitrogens with zero attached hydrogens (tertiary/aromatic N) is 2. The number of nitrogens with one attached hydrogen (secondary N) is 1. The van der Waals surface area contributed by atoms with E-state index in [-0.39, 0.29) is 5.91 Å². The van der Waals surface area contributed by atoms with E-state index < -0.39 is 0 Å². The molecular weight excluding hydrogens is 250 g/mol. The average Bonchev–Trinajstić information content (AvgIpc) is 2.64. The summed E-state index contributed by atoms with van der Waals surface area (Å²) in [6, 6.07) is 10.4. The summed E-state index contributed by atoms with van der Waals surface area (Å²) < 4.78 is 2.18. The van der Waals surface area contributed by atoms with Gasteiger partial charge in [-0.3, -0.25) is 4.79 Å². The molecule has 0 saturated heterocycles. The van der Waals surface area contributed by atoms with Gasteiger partial charge in [0, 0.05) is 29.6 Å². The monoisotopic (exact) mass is 269 g/mol. The number of hydrogen-bond donors (Lipinski definition) is 1. The van der Waals surface area contributed by atoms with Crippen molar-refractivity contribution < 1.29 is 4.79 Å². The van der Waals surface area contributed by atoms with Gasteiger partial charge in [0.25, 0.3) is 0 Å². The summed E-state index contributed by atoms with van der Waals surface area (Å²) in [4.78, 5) is 10.8. The van der Waals surface area contributed by atoms with Gasteiger partial charge in [-0.05, 0) is 44.5 Å². The zero-order valence-corrected chi connectivity index (χ0v) is 12.3. The van der Waals surface area contributed by atoms with Crippen LogP contribution in [0.25, 0.3) is 5.69 Å². The quantitative estimate of drug-likeness (QED) is 0.676. The van der Waals surface area contributed by atoms with Gasteiger partial charge in [-0.15, -0.1) is 0 Å². The Morgan fingerprint density at radius 1 is 1.25 bits per heavy atom. The third-order valence-corrected chi connectivity index (χ3v) is 3.16. The van der Waals surface area contributed by atoms with E-state index in [4.69, 9.17) is 0 Å². The molecule has 20 heavy (non-hydrogen) atoms. The van der Waals surface area contributed by atoms with Crippen molar-refractivity contribution >= 4 is 12.1 Å². The van der Waals surface area contributed by atoms with E-state index in [1.807, 2.05) is 6.92 Å². The minimum absolute atomic E-state index is 0.172. The summed E-state index contributed by atoms with van der Waals surface area (Å²) in [5, 5.41) is 3.93. The second kappa shape index (κ2) is 5.74. The Labute approximate surface area is 119 Å². The molecule has 1 aromatic heterocycles. The van der Waals surface area contributed by atoms with Crippen LogP contribution in [0.15, 0.2) is 35.4 Å². The molecule has 1 N–H and O–H groups in total. The molecule has 4 heteroatoms. The number of rotatable bonds is 3. The Bertz CT molecular complexity index is 668. The fourth-order valence-corrected chi connectivity index (χ4v) is 2.28. The topological polar surface area (TPSA) is 46.4 Å². The van der Waals surface area contributed by atoms with Crippen molar-refractivity contribution in [2.45, 2.75) is 27.7 Å². The van der Waals surface area contributed by atoms with Crippen molar-refractivity contribution in [2.75, 3.05) is 0 Å². The third kappa shape index (κ3) is 2.96. The molecule has 2 aromatic rings. The third-order valence-electron chi connectivity index (χ3n) is 3.16. The van der Waals surface area contributed by atoms with Crippen molar-refractivity contribution in [3.63, 3.8) is 0 Å². The zero-order valence-electron chi connectivity index (χ0n) is 12.3. The molecule has 4 nitrogen and oxygen atoms in total. The van der Waals surface area contributed by atoms with Crippen LogP contribution in [0.2, 0.25) is 0 Å². The molecule has 0 spiro atoms. The lowest BCUT2D eigenvalue weighted by Gasteiger charge is -2.10. The highest BCUT2D eigenvalue weighted by atomic mass is 16.2. The molecule has 0 aliphatic carbocycles. The molecule has 1 amide bonds. The average molecular weight is 269 g/mol. The SMILES string of the molecule is CC(=O)N/N=C/c1cc(C)n(-c2cccc(C)c2)c1C.